The maximum absolute atomic E-state index is 12.4. The summed E-state index contributed by atoms with van der Waals surface area (Å²) in [4.78, 5) is 9.22. The van der Waals surface area contributed by atoms with Crippen LogP contribution in [0.4, 0.5) is 5.13 Å². The second kappa shape index (κ2) is 6.34. The lowest BCUT2D eigenvalue weighted by Gasteiger charge is -2.01. The molecule has 0 saturated carbocycles. The van der Waals surface area contributed by atoms with Crippen molar-refractivity contribution in [2.24, 2.45) is 0 Å². The fraction of sp³-hybridized carbons (Fsp3) is 0.214. The second-order valence-electron chi connectivity index (χ2n) is 5.05. The smallest absolute Gasteiger partial charge is 0.255 e. The van der Waals surface area contributed by atoms with Gasteiger partial charge in [0.15, 0.2) is 0 Å². The fourth-order valence-electron chi connectivity index (χ4n) is 1.79. The van der Waals surface area contributed by atoms with Crippen molar-refractivity contribution in [1.29, 1.82) is 0 Å². The second-order valence-corrected chi connectivity index (χ2v) is 8.80. The molecule has 0 aromatic carbocycles. The van der Waals surface area contributed by atoms with E-state index >= 15 is 0 Å². The number of nitrogens with one attached hydrogen (secondary N) is 1. The van der Waals surface area contributed by atoms with Gasteiger partial charge in [-0.2, -0.15) is 4.37 Å². The van der Waals surface area contributed by atoms with Gasteiger partial charge in [0.05, 0.1) is 10.6 Å². The number of rotatable bonds is 5. The van der Waals surface area contributed by atoms with Crippen LogP contribution >= 0.6 is 22.9 Å². The normalized spacial score (nSPS) is 11.8. The lowest BCUT2D eigenvalue weighted by molar-refractivity contribution is 0.603. The molecule has 23 heavy (non-hydrogen) atoms. The zero-order valence-corrected chi connectivity index (χ0v) is 14.9. The van der Waals surface area contributed by atoms with Crippen molar-refractivity contribution in [3.63, 3.8) is 0 Å². The van der Waals surface area contributed by atoms with Gasteiger partial charge in [-0.25, -0.2) is 13.4 Å². The minimum atomic E-state index is -3.66. The summed E-state index contributed by atoms with van der Waals surface area (Å²) in [6.07, 6.45) is 1.68. The van der Waals surface area contributed by atoms with Crippen LogP contribution in [0.25, 0.3) is 10.6 Å². The lowest BCUT2D eigenvalue weighted by Crippen LogP contribution is -2.11. The molecule has 0 fully saturated rings. The number of aromatic nitrogens is 3. The van der Waals surface area contributed by atoms with Gasteiger partial charge in [-0.15, -0.1) is 11.3 Å². The van der Waals surface area contributed by atoms with E-state index in [0.29, 0.717) is 5.82 Å². The fourth-order valence-corrected chi connectivity index (χ4v) is 5.00. The Morgan fingerprint density at radius 3 is 2.65 bits per heavy atom. The number of pyridine rings is 1. The molecule has 120 valence electrons. The number of nitrogens with zero attached hydrogens (tertiary/aromatic N) is 3. The standard InChI is InChI=1S/C14H14N4O2S3/c1-9(2)13-16-14(22-17-13)18-23(19,20)12-7-6-11(21-12)10-5-3-4-8-15-10/h3-9H,1-2H3,(H,16,17,18). The zero-order valence-electron chi connectivity index (χ0n) is 12.4. The molecule has 0 amide bonds. The van der Waals surface area contributed by atoms with Gasteiger partial charge in [0.1, 0.15) is 10.0 Å². The zero-order chi connectivity index (χ0) is 16.4. The topological polar surface area (TPSA) is 84.8 Å². The molecular weight excluding hydrogens is 352 g/mol. The Hall–Kier alpha value is -1.84. The molecule has 6 nitrogen and oxygen atoms in total. The molecule has 9 heteroatoms. The van der Waals surface area contributed by atoms with Crippen molar-refractivity contribution in [2.45, 2.75) is 24.0 Å². The third-order valence-corrected chi connectivity index (χ3v) is 6.66. The van der Waals surface area contributed by atoms with Crippen LogP contribution in [0.3, 0.4) is 0 Å². The predicted molar refractivity (Wildman–Crippen MR) is 92.4 cm³/mol. The number of sulfonamides is 1. The van der Waals surface area contributed by atoms with Gasteiger partial charge in [-0.05, 0) is 24.3 Å². The van der Waals surface area contributed by atoms with Gasteiger partial charge in [0, 0.05) is 23.6 Å². The Morgan fingerprint density at radius 2 is 2.00 bits per heavy atom. The minimum Gasteiger partial charge on any atom is -0.255 e. The van der Waals surface area contributed by atoms with Crippen LogP contribution in [0, 0.1) is 0 Å². The van der Waals surface area contributed by atoms with Crippen molar-refractivity contribution in [3.05, 3.63) is 42.4 Å². The first-order chi connectivity index (χ1) is 11.0. The van der Waals surface area contributed by atoms with Crippen LogP contribution in [-0.4, -0.2) is 22.8 Å². The summed E-state index contributed by atoms with van der Waals surface area (Å²) < 4.78 is 31.7. The quantitative estimate of drug-likeness (QED) is 0.746. The Kier molecular flexibility index (Phi) is 4.42. The van der Waals surface area contributed by atoms with Gasteiger partial charge >= 0.3 is 0 Å². The average molecular weight is 366 g/mol. The number of anilines is 1. The Bertz CT molecular complexity index is 901. The Labute approximate surface area is 142 Å². The SMILES string of the molecule is CC(C)c1nsc(NS(=O)(=O)c2ccc(-c3ccccn3)s2)n1. The summed E-state index contributed by atoms with van der Waals surface area (Å²) in [7, 11) is -3.66. The lowest BCUT2D eigenvalue weighted by atomic mass is 10.2. The monoisotopic (exact) mass is 366 g/mol. The first-order valence-electron chi connectivity index (χ1n) is 6.83. The van der Waals surface area contributed by atoms with Crippen molar-refractivity contribution < 1.29 is 8.42 Å². The molecule has 1 N–H and O–H groups in total. The van der Waals surface area contributed by atoms with Crippen LogP contribution in [0.15, 0.2) is 40.7 Å². The highest BCUT2D eigenvalue weighted by atomic mass is 32.2. The van der Waals surface area contributed by atoms with Crippen molar-refractivity contribution in [3.8, 4) is 10.6 Å². The van der Waals surface area contributed by atoms with Gasteiger partial charge in [0.2, 0.25) is 5.13 Å². The van der Waals surface area contributed by atoms with Gasteiger partial charge < -0.3 is 0 Å². The van der Waals surface area contributed by atoms with E-state index in [4.69, 9.17) is 0 Å². The average Bonchev–Trinajstić information content (AvgIpc) is 3.17. The van der Waals surface area contributed by atoms with Crippen molar-refractivity contribution >= 4 is 38.0 Å². The minimum absolute atomic E-state index is 0.155. The molecule has 3 rings (SSSR count). The molecule has 3 aromatic heterocycles. The molecule has 3 aromatic rings. The summed E-state index contributed by atoms with van der Waals surface area (Å²) in [5.74, 6) is 0.787. The highest BCUT2D eigenvalue weighted by molar-refractivity contribution is 7.94. The van der Waals surface area contributed by atoms with Crippen molar-refractivity contribution in [1.82, 2.24) is 14.3 Å². The molecule has 0 unspecified atom stereocenters. The van der Waals surface area contributed by atoms with E-state index in [-0.39, 0.29) is 15.3 Å². The van der Waals surface area contributed by atoms with Gasteiger partial charge in [0.25, 0.3) is 10.0 Å². The van der Waals surface area contributed by atoms with E-state index < -0.39 is 10.0 Å². The molecule has 0 saturated heterocycles. The summed E-state index contributed by atoms with van der Waals surface area (Å²) in [5, 5.41) is 0.279. The highest BCUT2D eigenvalue weighted by Crippen LogP contribution is 2.30. The predicted octanol–water partition coefficient (Wildman–Crippen LogP) is 3.59. The van der Waals surface area contributed by atoms with Crippen LogP contribution in [0.5, 0.6) is 0 Å². The molecule has 3 heterocycles. The van der Waals surface area contributed by atoms with Crippen molar-refractivity contribution in [2.75, 3.05) is 4.72 Å². The van der Waals surface area contributed by atoms with E-state index in [0.717, 1.165) is 22.1 Å². The molecule has 0 aliphatic carbocycles. The van der Waals surface area contributed by atoms with Crippen LogP contribution < -0.4 is 4.72 Å². The van der Waals surface area contributed by atoms with E-state index in [1.807, 2.05) is 32.0 Å². The summed E-state index contributed by atoms with van der Waals surface area (Å²) >= 11 is 2.21. The third kappa shape index (κ3) is 3.57. The highest BCUT2D eigenvalue weighted by Gasteiger charge is 2.20. The summed E-state index contributed by atoms with van der Waals surface area (Å²) in [6.45, 7) is 3.91. The van der Waals surface area contributed by atoms with Crippen LogP contribution in [-0.2, 0) is 10.0 Å². The van der Waals surface area contributed by atoms with Gasteiger partial charge in [-0.1, -0.05) is 19.9 Å². The van der Waals surface area contributed by atoms with E-state index in [2.05, 4.69) is 19.1 Å². The van der Waals surface area contributed by atoms with Crippen LogP contribution in [0.1, 0.15) is 25.6 Å². The molecule has 0 aliphatic rings. The third-order valence-electron chi connectivity index (χ3n) is 2.94. The maximum Gasteiger partial charge on any atom is 0.273 e. The van der Waals surface area contributed by atoms with Gasteiger partial charge in [-0.3, -0.25) is 9.71 Å². The van der Waals surface area contributed by atoms with Crippen LogP contribution in [0.2, 0.25) is 0 Å². The number of thiophene rings is 1. The van der Waals surface area contributed by atoms with E-state index in [1.165, 1.54) is 11.3 Å². The molecule has 0 radical (unpaired) electrons. The van der Waals surface area contributed by atoms with E-state index in [1.54, 1.807) is 18.3 Å². The molecule has 0 spiro atoms. The molecular formula is C14H14N4O2S3. The molecule has 0 bridgehead atoms. The largest absolute Gasteiger partial charge is 0.273 e. The summed E-state index contributed by atoms with van der Waals surface area (Å²) in [6, 6.07) is 8.85. The summed E-state index contributed by atoms with van der Waals surface area (Å²) in [5.41, 5.74) is 0.747. The van der Waals surface area contributed by atoms with E-state index in [9.17, 15) is 8.42 Å². The Morgan fingerprint density at radius 1 is 1.17 bits per heavy atom. The Balaban J connectivity index is 1.84. The molecule has 0 aliphatic heterocycles. The number of hydrogen-bond acceptors (Lipinski definition) is 7. The first kappa shape index (κ1) is 16.0. The number of hydrogen-bond donors (Lipinski definition) is 1. The molecule has 0 atom stereocenters. The first-order valence-corrected chi connectivity index (χ1v) is 9.90. The maximum atomic E-state index is 12.4.